The van der Waals surface area contributed by atoms with Gasteiger partial charge < -0.3 is 14.4 Å². The lowest BCUT2D eigenvalue weighted by atomic mass is 9.79. The van der Waals surface area contributed by atoms with E-state index < -0.39 is 11.5 Å². The van der Waals surface area contributed by atoms with E-state index in [2.05, 4.69) is 0 Å². The zero-order valence-electron chi connectivity index (χ0n) is 13.3. The van der Waals surface area contributed by atoms with Crippen molar-refractivity contribution in [3.05, 3.63) is 29.1 Å². The van der Waals surface area contributed by atoms with Gasteiger partial charge in [0.1, 0.15) is 11.1 Å². The van der Waals surface area contributed by atoms with E-state index in [9.17, 15) is 14.7 Å². The molecule has 2 aliphatic carbocycles. The first-order valence-corrected chi connectivity index (χ1v) is 8.39. The summed E-state index contributed by atoms with van der Waals surface area (Å²) < 4.78 is 6.80. The molecule has 1 aliphatic heterocycles. The highest BCUT2D eigenvalue weighted by Gasteiger charge is 2.52. The first kappa shape index (κ1) is 14.5. The van der Waals surface area contributed by atoms with E-state index in [0.717, 1.165) is 44.2 Å². The van der Waals surface area contributed by atoms with Gasteiger partial charge in [-0.1, -0.05) is 19.3 Å². The zero-order valence-corrected chi connectivity index (χ0v) is 13.3. The minimum Gasteiger partial charge on any atom is -0.505 e. The molecule has 1 N–H and O–H groups in total. The monoisotopic (exact) mass is 315 g/mol. The van der Waals surface area contributed by atoms with Gasteiger partial charge in [-0.2, -0.15) is 0 Å². The number of hydrogen-bond donors (Lipinski definition) is 1. The second-order valence-electron chi connectivity index (χ2n) is 6.89. The smallest absolute Gasteiger partial charge is 0.345 e. The summed E-state index contributed by atoms with van der Waals surface area (Å²) in [6, 6.07) is 3.86. The number of Topliss-reactive ketones (excluding diaryl/α,β-unsaturated/α-hetero) is 1. The number of aromatic nitrogens is 1. The van der Waals surface area contributed by atoms with Crippen LogP contribution in [0.1, 0.15) is 62.3 Å². The van der Waals surface area contributed by atoms with E-state index in [0.29, 0.717) is 11.6 Å². The van der Waals surface area contributed by atoms with Gasteiger partial charge in [0.25, 0.3) is 0 Å². The van der Waals surface area contributed by atoms with Gasteiger partial charge in [-0.15, -0.1) is 0 Å². The number of methoxy groups -OCH3 is 1. The standard InChI is InChI=1S/C18H21NO4/c1-23-17(22)14-15(20)13-8-7-12(11-5-4-6-11)19(13)18(16(14)21)9-2-3-10-18/h7-8,11,20H,2-6,9-10H2,1H3. The summed E-state index contributed by atoms with van der Waals surface area (Å²) >= 11 is 0. The molecule has 0 radical (unpaired) electrons. The Hall–Kier alpha value is -2.04. The van der Waals surface area contributed by atoms with Gasteiger partial charge in [0, 0.05) is 5.69 Å². The number of nitrogens with zero attached hydrogens (tertiary/aromatic N) is 1. The van der Waals surface area contributed by atoms with Gasteiger partial charge in [-0.25, -0.2) is 4.79 Å². The zero-order chi connectivity index (χ0) is 16.2. The minimum atomic E-state index is -0.739. The average molecular weight is 315 g/mol. The molecule has 3 aliphatic rings. The number of ketones is 1. The van der Waals surface area contributed by atoms with Gasteiger partial charge in [-0.05, 0) is 43.7 Å². The molecule has 5 heteroatoms. The normalized spacial score (nSPS) is 23.1. The highest BCUT2D eigenvalue weighted by molar-refractivity contribution is 6.25. The van der Waals surface area contributed by atoms with E-state index in [4.69, 9.17) is 4.74 Å². The molecule has 0 amide bonds. The van der Waals surface area contributed by atoms with Crippen molar-refractivity contribution in [3.8, 4) is 0 Å². The fourth-order valence-corrected chi connectivity index (χ4v) is 4.41. The highest BCUT2D eigenvalue weighted by Crippen LogP contribution is 2.49. The maximum Gasteiger partial charge on any atom is 0.345 e. The highest BCUT2D eigenvalue weighted by atomic mass is 16.5. The molecule has 2 saturated carbocycles. The number of rotatable bonds is 2. The Morgan fingerprint density at radius 3 is 2.52 bits per heavy atom. The van der Waals surface area contributed by atoms with Crippen LogP contribution in [0.4, 0.5) is 0 Å². The number of carbonyl (C=O) groups excluding carboxylic acids is 2. The number of hydrogen-bond acceptors (Lipinski definition) is 4. The summed E-state index contributed by atoms with van der Waals surface area (Å²) in [5.41, 5.74) is 0.838. The Morgan fingerprint density at radius 2 is 1.96 bits per heavy atom. The lowest BCUT2D eigenvalue weighted by molar-refractivity contribution is -0.139. The second-order valence-corrected chi connectivity index (χ2v) is 6.89. The SMILES string of the molecule is COC(=O)C1=C(O)c2ccc(C3CCC3)n2C2(CCCC2)C1=O. The number of ether oxygens (including phenoxy) is 1. The van der Waals surface area contributed by atoms with Crippen molar-refractivity contribution in [1.29, 1.82) is 0 Å². The van der Waals surface area contributed by atoms with Crippen LogP contribution in [0.25, 0.3) is 5.76 Å². The van der Waals surface area contributed by atoms with Gasteiger partial charge in [-0.3, -0.25) is 4.79 Å². The van der Waals surface area contributed by atoms with E-state index in [1.165, 1.54) is 13.5 Å². The maximum atomic E-state index is 13.2. The van der Waals surface area contributed by atoms with E-state index in [-0.39, 0.29) is 17.1 Å². The Morgan fingerprint density at radius 1 is 1.26 bits per heavy atom. The average Bonchev–Trinajstić information content (AvgIpc) is 3.11. The van der Waals surface area contributed by atoms with Crippen LogP contribution in [0, 0.1) is 0 Å². The minimum absolute atomic E-state index is 0.180. The second kappa shape index (κ2) is 4.98. The third-order valence-corrected chi connectivity index (χ3v) is 5.81. The van der Waals surface area contributed by atoms with Gasteiger partial charge >= 0.3 is 5.97 Å². The number of esters is 1. The topological polar surface area (TPSA) is 68.5 Å². The molecule has 2 fully saturated rings. The molecule has 2 heterocycles. The summed E-state index contributed by atoms with van der Waals surface area (Å²) in [4.78, 5) is 25.2. The van der Waals surface area contributed by atoms with Crippen molar-refractivity contribution in [1.82, 2.24) is 4.57 Å². The molecular weight excluding hydrogens is 294 g/mol. The lowest BCUT2D eigenvalue weighted by Gasteiger charge is -2.39. The predicted molar refractivity (Wildman–Crippen MR) is 84.0 cm³/mol. The fraction of sp³-hybridized carbons (Fsp3) is 0.556. The summed E-state index contributed by atoms with van der Waals surface area (Å²) in [6.07, 6.45) is 6.83. The first-order valence-electron chi connectivity index (χ1n) is 8.39. The third-order valence-electron chi connectivity index (χ3n) is 5.81. The van der Waals surface area contributed by atoms with E-state index in [1.54, 1.807) is 0 Å². The molecule has 0 aromatic carbocycles. The van der Waals surface area contributed by atoms with Crippen LogP contribution in [-0.4, -0.2) is 28.5 Å². The molecule has 0 atom stereocenters. The molecule has 1 aromatic rings. The summed E-state index contributed by atoms with van der Waals surface area (Å²) in [6.45, 7) is 0. The fourth-order valence-electron chi connectivity index (χ4n) is 4.41. The van der Waals surface area contributed by atoms with Crippen molar-refractivity contribution in [3.63, 3.8) is 0 Å². The van der Waals surface area contributed by atoms with Gasteiger partial charge in [0.05, 0.1) is 12.8 Å². The van der Waals surface area contributed by atoms with Crippen LogP contribution in [0.2, 0.25) is 0 Å². The largest absolute Gasteiger partial charge is 0.505 e. The Labute approximate surface area is 134 Å². The van der Waals surface area contributed by atoms with Crippen LogP contribution in [0.5, 0.6) is 0 Å². The lowest BCUT2D eigenvalue weighted by Crippen LogP contribution is -2.47. The molecular formula is C18H21NO4. The number of aliphatic hydroxyl groups is 1. The Kier molecular flexibility index (Phi) is 3.15. The van der Waals surface area contributed by atoms with Gasteiger partial charge in [0.2, 0.25) is 0 Å². The molecule has 23 heavy (non-hydrogen) atoms. The van der Waals surface area contributed by atoms with Crippen molar-refractivity contribution < 1.29 is 19.4 Å². The molecule has 1 aromatic heterocycles. The molecule has 122 valence electrons. The Bertz CT molecular complexity index is 717. The number of carbonyl (C=O) groups is 2. The van der Waals surface area contributed by atoms with Crippen LogP contribution < -0.4 is 0 Å². The first-order chi connectivity index (χ1) is 11.1. The van der Waals surface area contributed by atoms with Gasteiger partial charge in [0.15, 0.2) is 11.5 Å². The van der Waals surface area contributed by atoms with Crippen LogP contribution in [0.15, 0.2) is 17.7 Å². The molecule has 0 saturated heterocycles. The quantitative estimate of drug-likeness (QED) is 0.673. The summed E-state index contributed by atoms with van der Waals surface area (Å²) in [7, 11) is 1.24. The Balaban J connectivity index is 1.95. The van der Waals surface area contributed by atoms with Crippen molar-refractivity contribution in [2.45, 2.75) is 56.4 Å². The molecule has 0 bridgehead atoms. The predicted octanol–water partition coefficient (Wildman–Crippen LogP) is 3.05. The van der Waals surface area contributed by atoms with Crippen molar-refractivity contribution in [2.24, 2.45) is 0 Å². The summed E-state index contributed by atoms with van der Waals surface area (Å²) in [5.74, 6) is -0.786. The third kappa shape index (κ3) is 1.79. The van der Waals surface area contributed by atoms with Crippen molar-refractivity contribution in [2.75, 3.05) is 7.11 Å². The molecule has 0 unspecified atom stereocenters. The molecule has 5 nitrogen and oxygen atoms in total. The van der Waals surface area contributed by atoms with Crippen LogP contribution in [0.3, 0.4) is 0 Å². The van der Waals surface area contributed by atoms with Crippen molar-refractivity contribution >= 4 is 17.5 Å². The van der Waals surface area contributed by atoms with E-state index >= 15 is 0 Å². The number of fused-ring (bicyclic) bond motifs is 2. The van der Waals surface area contributed by atoms with Crippen LogP contribution >= 0.6 is 0 Å². The molecule has 1 spiro atoms. The summed E-state index contributed by atoms with van der Waals surface area (Å²) in [5, 5.41) is 10.6. The van der Waals surface area contributed by atoms with Crippen LogP contribution in [-0.2, 0) is 19.9 Å². The van der Waals surface area contributed by atoms with E-state index in [1.807, 2.05) is 16.7 Å². The number of aliphatic hydroxyl groups excluding tert-OH is 1. The molecule has 4 rings (SSSR count). The maximum absolute atomic E-state index is 13.2.